The molecule has 0 aromatic rings. The largest absolute Gasteiger partial charge is 0.534 e. The number of halogens is 3. The van der Waals surface area contributed by atoms with Gasteiger partial charge in [0.1, 0.15) is 17.8 Å². The molecule has 0 aromatic heterocycles. The molecule has 0 spiro atoms. The molecule has 0 N–H and O–H groups in total. The first-order valence-electron chi connectivity index (χ1n) is 17.1. The Labute approximate surface area is 289 Å². The SMILES string of the molecule is COC(=O)[C@@H]1CCCN1C1CC=C(B2OC(C)(C)C(C)(C)O2)CC1C.COC(=O)[C@@H]1CCCN1C1CC=C(OS(=O)(=O)C(F)(F)F)CC1C. The first kappa shape index (κ1) is 39.6. The van der Waals surface area contributed by atoms with Gasteiger partial charge in [-0.3, -0.25) is 19.4 Å². The van der Waals surface area contributed by atoms with Crippen molar-refractivity contribution in [2.24, 2.45) is 11.8 Å². The van der Waals surface area contributed by atoms with Crippen LogP contribution in [0.4, 0.5) is 13.2 Å². The third-order valence-corrected chi connectivity index (χ3v) is 12.0. The molecule has 6 atom stereocenters. The smallest absolute Gasteiger partial charge is 0.468 e. The van der Waals surface area contributed by atoms with Crippen molar-refractivity contribution in [1.29, 1.82) is 0 Å². The minimum absolute atomic E-state index is 0.0599. The molecule has 0 bridgehead atoms. The molecular formula is C33H52BF3N2O9S. The summed E-state index contributed by atoms with van der Waals surface area (Å²) in [5, 5.41) is 0. The average Bonchev–Trinajstić information content (AvgIpc) is 3.74. The third-order valence-electron chi connectivity index (χ3n) is 11.0. The van der Waals surface area contributed by atoms with Crippen molar-refractivity contribution in [2.75, 3.05) is 27.3 Å². The summed E-state index contributed by atoms with van der Waals surface area (Å²) in [7, 11) is -3.09. The van der Waals surface area contributed by atoms with Gasteiger partial charge in [0, 0.05) is 18.5 Å². The highest BCUT2D eigenvalue weighted by Gasteiger charge is 2.53. The molecule has 3 heterocycles. The van der Waals surface area contributed by atoms with Gasteiger partial charge in [0.25, 0.3) is 0 Å². The van der Waals surface area contributed by atoms with E-state index in [9.17, 15) is 31.2 Å². The Morgan fingerprint density at radius 2 is 1.29 bits per heavy atom. The fourth-order valence-electron chi connectivity index (χ4n) is 7.63. The van der Waals surface area contributed by atoms with Gasteiger partial charge in [-0.1, -0.05) is 19.9 Å². The van der Waals surface area contributed by atoms with E-state index in [4.69, 9.17) is 18.8 Å². The molecule has 3 aliphatic heterocycles. The quantitative estimate of drug-likeness (QED) is 0.150. The minimum Gasteiger partial charge on any atom is -0.468 e. The lowest BCUT2D eigenvalue weighted by molar-refractivity contribution is -0.147. The topological polar surface area (TPSA) is 121 Å². The van der Waals surface area contributed by atoms with E-state index in [1.807, 2.05) is 4.90 Å². The lowest BCUT2D eigenvalue weighted by Gasteiger charge is -2.38. The van der Waals surface area contributed by atoms with Gasteiger partial charge in [0.15, 0.2) is 0 Å². The van der Waals surface area contributed by atoms with Gasteiger partial charge in [-0.05, 0) is 109 Å². The van der Waals surface area contributed by atoms with Crippen molar-refractivity contribution in [1.82, 2.24) is 9.80 Å². The summed E-state index contributed by atoms with van der Waals surface area (Å²) in [5.41, 5.74) is -4.80. The van der Waals surface area contributed by atoms with Crippen molar-refractivity contribution >= 4 is 29.2 Å². The number of hydrogen-bond donors (Lipinski definition) is 0. The fraction of sp³-hybridized carbons (Fsp3) is 0.818. The molecule has 16 heteroatoms. The molecular weight excluding hydrogens is 668 g/mol. The Kier molecular flexibility index (Phi) is 12.3. The maximum Gasteiger partial charge on any atom is 0.534 e. The van der Waals surface area contributed by atoms with E-state index >= 15 is 0 Å². The Balaban J connectivity index is 0.000000221. The van der Waals surface area contributed by atoms with Crippen LogP contribution in [0, 0.1) is 11.8 Å². The lowest BCUT2D eigenvalue weighted by Crippen LogP contribution is -2.48. The summed E-state index contributed by atoms with van der Waals surface area (Å²) in [6.45, 7) is 14.1. The van der Waals surface area contributed by atoms with Crippen LogP contribution < -0.4 is 0 Å². The number of allylic oxidation sites excluding steroid dienone is 2. The highest BCUT2D eigenvalue weighted by Crippen LogP contribution is 2.42. The molecule has 11 nitrogen and oxygen atoms in total. The van der Waals surface area contributed by atoms with Gasteiger partial charge in [-0.2, -0.15) is 21.6 Å². The van der Waals surface area contributed by atoms with Crippen molar-refractivity contribution in [3.63, 3.8) is 0 Å². The number of esters is 2. The highest BCUT2D eigenvalue weighted by molar-refractivity contribution is 7.87. The molecule has 5 rings (SSSR count). The first-order valence-corrected chi connectivity index (χ1v) is 18.5. The van der Waals surface area contributed by atoms with Crippen molar-refractivity contribution in [2.45, 2.75) is 134 Å². The molecule has 3 fully saturated rings. The second-order valence-electron chi connectivity index (χ2n) is 14.8. The maximum atomic E-state index is 12.4. The fourth-order valence-corrected chi connectivity index (χ4v) is 8.15. The van der Waals surface area contributed by atoms with E-state index < -0.39 is 15.6 Å². The van der Waals surface area contributed by atoms with Crippen molar-refractivity contribution < 1.29 is 54.1 Å². The molecule has 5 aliphatic rings. The number of alkyl halides is 3. The molecule has 0 aromatic carbocycles. The minimum atomic E-state index is -5.64. The number of methoxy groups -OCH3 is 2. The van der Waals surface area contributed by atoms with Crippen molar-refractivity contribution in [3.8, 4) is 0 Å². The molecule has 3 saturated heterocycles. The summed E-state index contributed by atoms with van der Waals surface area (Å²) < 4.78 is 85.8. The van der Waals surface area contributed by atoms with E-state index in [0.29, 0.717) is 31.3 Å². The van der Waals surface area contributed by atoms with Gasteiger partial charge < -0.3 is 23.0 Å². The lowest BCUT2D eigenvalue weighted by atomic mass is 9.68. The van der Waals surface area contributed by atoms with Gasteiger partial charge in [0.05, 0.1) is 25.4 Å². The Morgan fingerprint density at radius 3 is 1.69 bits per heavy atom. The van der Waals surface area contributed by atoms with Crippen LogP contribution in [0.5, 0.6) is 0 Å². The van der Waals surface area contributed by atoms with E-state index in [2.05, 4.69) is 49.8 Å². The number of hydrogen-bond acceptors (Lipinski definition) is 11. The van der Waals surface area contributed by atoms with Crippen LogP contribution >= 0.6 is 0 Å². The standard InChI is InChI=1S/C19H32BNO4.C14H20F3NO5S/c1-13-12-14(20-24-18(2,3)19(4,5)25-20)9-10-15(13)21-11-7-8-16(21)17(22)23-6;1-9-8-10(23-24(20,21)14(15,16)17)5-6-11(9)18-7-3-4-12(18)13(19)22-2/h9,13,15-16H,7-8,10-12H2,1-6H3;5,9,11-12H,3-4,6-8H2,1-2H3/t13?,15?,16-;9?,11?,12-/m00/s1. The summed E-state index contributed by atoms with van der Waals surface area (Å²) in [4.78, 5) is 28.2. The van der Waals surface area contributed by atoms with Crippen LogP contribution in [-0.4, -0.2) is 105 Å². The predicted molar refractivity (Wildman–Crippen MR) is 176 cm³/mol. The molecule has 278 valence electrons. The Hall–Kier alpha value is -2.14. The van der Waals surface area contributed by atoms with Crippen LogP contribution in [-0.2, 0) is 42.7 Å². The number of carbonyl (C=O) groups is 2. The molecule has 49 heavy (non-hydrogen) atoms. The van der Waals surface area contributed by atoms with Crippen LogP contribution in [0.1, 0.15) is 92.9 Å². The number of nitrogens with zero attached hydrogens (tertiary/aromatic N) is 2. The van der Waals surface area contributed by atoms with Crippen LogP contribution in [0.25, 0.3) is 0 Å². The zero-order valence-electron chi connectivity index (χ0n) is 29.9. The van der Waals surface area contributed by atoms with Crippen LogP contribution in [0.15, 0.2) is 23.4 Å². The number of rotatable bonds is 7. The second-order valence-corrected chi connectivity index (χ2v) is 16.4. The summed E-state index contributed by atoms with van der Waals surface area (Å²) in [6.07, 6.45) is 9.38. The van der Waals surface area contributed by atoms with E-state index in [0.717, 1.165) is 38.6 Å². The Bertz CT molecular complexity index is 1370. The monoisotopic (exact) mass is 720 g/mol. The number of carbonyl (C=O) groups excluding carboxylic acids is 2. The normalized spacial score (nSPS) is 32.1. The zero-order chi connectivity index (χ0) is 36.5. The van der Waals surface area contributed by atoms with E-state index in [-0.39, 0.29) is 66.5 Å². The number of ether oxygens (including phenoxy) is 2. The predicted octanol–water partition coefficient (Wildman–Crippen LogP) is 5.15. The van der Waals surface area contributed by atoms with Gasteiger partial charge in [-0.25, -0.2) is 0 Å². The Morgan fingerprint density at radius 1 is 0.837 bits per heavy atom. The molecule has 0 saturated carbocycles. The molecule has 2 aliphatic carbocycles. The molecule has 4 unspecified atom stereocenters. The summed E-state index contributed by atoms with van der Waals surface area (Å²) >= 11 is 0. The van der Waals surface area contributed by atoms with Gasteiger partial charge in [0.2, 0.25) is 0 Å². The van der Waals surface area contributed by atoms with Gasteiger partial charge >= 0.3 is 34.7 Å². The van der Waals surface area contributed by atoms with Crippen molar-refractivity contribution in [3.05, 3.63) is 23.4 Å². The van der Waals surface area contributed by atoms with Crippen LogP contribution in [0.3, 0.4) is 0 Å². The number of likely N-dealkylation sites (tertiary alicyclic amines) is 2. The maximum absolute atomic E-state index is 12.4. The highest BCUT2D eigenvalue weighted by atomic mass is 32.2. The molecule has 0 radical (unpaired) electrons. The van der Waals surface area contributed by atoms with E-state index in [1.165, 1.54) is 25.8 Å². The first-order chi connectivity index (χ1) is 22.7. The van der Waals surface area contributed by atoms with Crippen LogP contribution in [0.2, 0.25) is 0 Å². The second kappa shape index (κ2) is 15.2. The summed E-state index contributed by atoms with van der Waals surface area (Å²) in [6, 6.07) is -0.128. The van der Waals surface area contributed by atoms with Gasteiger partial charge in [-0.15, -0.1) is 0 Å². The van der Waals surface area contributed by atoms with E-state index in [1.54, 1.807) is 6.92 Å². The summed E-state index contributed by atoms with van der Waals surface area (Å²) in [5.74, 6) is -0.316. The zero-order valence-corrected chi connectivity index (χ0v) is 30.7. The average molecular weight is 721 g/mol. The third kappa shape index (κ3) is 8.67. The molecule has 0 amide bonds.